The summed E-state index contributed by atoms with van der Waals surface area (Å²) >= 11 is 5.06. The molecule has 0 bridgehead atoms. The highest BCUT2D eigenvalue weighted by molar-refractivity contribution is 9.10. The van der Waals surface area contributed by atoms with Crippen LogP contribution in [0.3, 0.4) is 0 Å². The summed E-state index contributed by atoms with van der Waals surface area (Å²) in [5.74, 6) is 0. The molecule has 100 valence electrons. The van der Waals surface area contributed by atoms with Gasteiger partial charge in [0.05, 0.1) is 4.92 Å². The highest BCUT2D eigenvalue weighted by atomic mass is 79.9. The van der Waals surface area contributed by atoms with E-state index in [0.29, 0.717) is 12.1 Å². The third-order valence-electron chi connectivity index (χ3n) is 2.80. The Bertz CT molecular complexity index is 586. The van der Waals surface area contributed by atoms with Crippen LogP contribution in [0, 0.1) is 10.1 Å². The molecule has 0 fully saturated rings. The molecule has 2 rings (SSSR count). The van der Waals surface area contributed by atoms with E-state index >= 15 is 0 Å². The van der Waals surface area contributed by atoms with Crippen molar-refractivity contribution >= 4 is 33.0 Å². The second-order valence-electron chi connectivity index (χ2n) is 4.15. The summed E-state index contributed by atoms with van der Waals surface area (Å²) in [6.45, 7) is 2.63. The molecule has 1 atom stereocenters. The lowest BCUT2D eigenvalue weighted by Gasteiger charge is -2.13. The standard InChI is InChI=1S/C13H13BrN2O2S/c1-9(15-7-11-6-10(14)8-19-11)12-4-2-3-5-13(12)16(17)18/h2-6,8-9,15H,7H2,1H3. The lowest BCUT2D eigenvalue weighted by molar-refractivity contribution is -0.385. The van der Waals surface area contributed by atoms with Crippen molar-refractivity contribution in [2.75, 3.05) is 0 Å². The summed E-state index contributed by atoms with van der Waals surface area (Å²) in [6.07, 6.45) is 0. The van der Waals surface area contributed by atoms with Crippen molar-refractivity contribution in [3.63, 3.8) is 0 Å². The van der Waals surface area contributed by atoms with Crippen LogP contribution in [-0.2, 0) is 6.54 Å². The summed E-state index contributed by atoms with van der Waals surface area (Å²) in [5.41, 5.74) is 0.873. The second-order valence-corrected chi connectivity index (χ2v) is 6.06. The van der Waals surface area contributed by atoms with E-state index < -0.39 is 0 Å². The zero-order chi connectivity index (χ0) is 13.8. The zero-order valence-electron chi connectivity index (χ0n) is 10.3. The molecule has 0 aliphatic rings. The lowest BCUT2D eigenvalue weighted by Crippen LogP contribution is -2.18. The molecule has 0 amide bonds. The molecule has 1 aromatic carbocycles. The Morgan fingerprint density at radius 2 is 2.21 bits per heavy atom. The van der Waals surface area contributed by atoms with Crippen LogP contribution in [0.1, 0.15) is 23.4 Å². The molecule has 6 heteroatoms. The van der Waals surface area contributed by atoms with Crippen LogP contribution in [0.5, 0.6) is 0 Å². The lowest BCUT2D eigenvalue weighted by atomic mass is 10.1. The number of nitro benzene ring substituents is 1. The number of hydrogen-bond donors (Lipinski definition) is 1. The normalized spacial score (nSPS) is 12.3. The molecule has 0 aliphatic heterocycles. The number of nitro groups is 1. The molecule has 2 aromatic rings. The van der Waals surface area contributed by atoms with Crippen molar-refractivity contribution in [1.29, 1.82) is 0 Å². The smallest absolute Gasteiger partial charge is 0.274 e. The van der Waals surface area contributed by atoms with Gasteiger partial charge in [-0.25, -0.2) is 0 Å². The minimum atomic E-state index is -0.338. The first kappa shape index (κ1) is 14.2. The number of nitrogens with zero attached hydrogens (tertiary/aromatic N) is 1. The molecule has 0 radical (unpaired) electrons. The first-order valence-electron chi connectivity index (χ1n) is 5.77. The van der Waals surface area contributed by atoms with Gasteiger partial charge in [0.15, 0.2) is 0 Å². The number of hydrogen-bond acceptors (Lipinski definition) is 4. The first-order chi connectivity index (χ1) is 9.08. The van der Waals surface area contributed by atoms with Crippen LogP contribution < -0.4 is 5.32 Å². The Morgan fingerprint density at radius 3 is 2.84 bits per heavy atom. The predicted octanol–water partition coefficient (Wildman–Crippen LogP) is 4.27. The van der Waals surface area contributed by atoms with Crippen LogP contribution in [0.25, 0.3) is 0 Å². The van der Waals surface area contributed by atoms with Crippen molar-refractivity contribution in [2.24, 2.45) is 0 Å². The van der Waals surface area contributed by atoms with Gasteiger partial charge >= 0.3 is 0 Å². The third-order valence-corrected chi connectivity index (χ3v) is 4.50. The Morgan fingerprint density at radius 1 is 1.47 bits per heavy atom. The fourth-order valence-corrected chi connectivity index (χ4v) is 3.23. The van der Waals surface area contributed by atoms with Crippen molar-refractivity contribution in [2.45, 2.75) is 19.5 Å². The average Bonchev–Trinajstić information content (AvgIpc) is 2.81. The van der Waals surface area contributed by atoms with Gasteiger partial charge in [0.2, 0.25) is 0 Å². The SMILES string of the molecule is CC(NCc1cc(Br)cs1)c1ccccc1[N+](=O)[O-]. The average molecular weight is 341 g/mol. The van der Waals surface area contributed by atoms with Crippen LogP contribution in [-0.4, -0.2) is 4.92 Å². The minimum absolute atomic E-state index is 0.0672. The summed E-state index contributed by atoms with van der Waals surface area (Å²) in [5, 5.41) is 16.3. The van der Waals surface area contributed by atoms with Gasteiger partial charge in [-0.15, -0.1) is 11.3 Å². The van der Waals surface area contributed by atoms with E-state index in [1.54, 1.807) is 23.5 Å². The molecule has 1 aromatic heterocycles. The van der Waals surface area contributed by atoms with Crippen molar-refractivity contribution < 1.29 is 4.92 Å². The molecular weight excluding hydrogens is 328 g/mol. The molecule has 19 heavy (non-hydrogen) atoms. The summed E-state index contributed by atoms with van der Waals surface area (Å²) < 4.78 is 1.06. The van der Waals surface area contributed by atoms with Crippen LogP contribution in [0.4, 0.5) is 5.69 Å². The fourth-order valence-electron chi connectivity index (χ4n) is 1.83. The van der Waals surface area contributed by atoms with Gasteiger partial charge in [-0.05, 0) is 28.9 Å². The van der Waals surface area contributed by atoms with E-state index in [2.05, 4.69) is 21.2 Å². The third kappa shape index (κ3) is 3.62. The number of halogens is 1. The number of benzene rings is 1. The number of thiophene rings is 1. The van der Waals surface area contributed by atoms with Crippen molar-refractivity contribution in [3.05, 3.63) is 60.7 Å². The molecule has 0 saturated carbocycles. The highest BCUT2D eigenvalue weighted by Gasteiger charge is 2.17. The van der Waals surface area contributed by atoms with E-state index in [-0.39, 0.29) is 16.7 Å². The quantitative estimate of drug-likeness (QED) is 0.653. The molecule has 0 spiro atoms. The second kappa shape index (κ2) is 6.27. The van der Waals surface area contributed by atoms with Crippen LogP contribution in [0.2, 0.25) is 0 Å². The zero-order valence-corrected chi connectivity index (χ0v) is 12.7. The van der Waals surface area contributed by atoms with Crippen molar-refractivity contribution in [3.8, 4) is 0 Å². The number of para-hydroxylation sites is 1. The molecule has 1 N–H and O–H groups in total. The maximum Gasteiger partial charge on any atom is 0.274 e. The van der Waals surface area contributed by atoms with Crippen molar-refractivity contribution in [1.82, 2.24) is 5.32 Å². The minimum Gasteiger partial charge on any atom is -0.305 e. The Kier molecular flexibility index (Phi) is 4.68. The number of rotatable bonds is 5. The van der Waals surface area contributed by atoms with E-state index in [1.165, 1.54) is 10.9 Å². The van der Waals surface area contributed by atoms with Gasteiger partial charge in [0.25, 0.3) is 5.69 Å². The fraction of sp³-hybridized carbons (Fsp3) is 0.231. The number of nitrogens with one attached hydrogen (secondary N) is 1. The molecule has 0 saturated heterocycles. The molecule has 1 unspecified atom stereocenters. The Balaban J connectivity index is 2.07. The van der Waals surface area contributed by atoms with Gasteiger partial charge in [-0.3, -0.25) is 10.1 Å². The molecule has 1 heterocycles. The topological polar surface area (TPSA) is 55.2 Å². The largest absolute Gasteiger partial charge is 0.305 e. The van der Waals surface area contributed by atoms with Gasteiger partial charge in [-0.2, -0.15) is 0 Å². The van der Waals surface area contributed by atoms with Gasteiger partial charge in [-0.1, -0.05) is 18.2 Å². The predicted molar refractivity (Wildman–Crippen MR) is 80.4 cm³/mol. The first-order valence-corrected chi connectivity index (χ1v) is 7.45. The summed E-state index contributed by atoms with van der Waals surface area (Å²) in [6, 6.07) is 8.81. The molecule has 4 nitrogen and oxygen atoms in total. The van der Waals surface area contributed by atoms with Crippen LogP contribution >= 0.6 is 27.3 Å². The van der Waals surface area contributed by atoms with E-state index in [9.17, 15) is 10.1 Å². The Labute approximate surface area is 123 Å². The molecular formula is C13H13BrN2O2S. The molecule has 0 aliphatic carbocycles. The van der Waals surface area contributed by atoms with Gasteiger partial charge in [0, 0.05) is 38.9 Å². The Hall–Kier alpha value is -1.24. The van der Waals surface area contributed by atoms with E-state index in [0.717, 1.165) is 4.47 Å². The van der Waals surface area contributed by atoms with Crippen LogP contribution in [0.15, 0.2) is 40.2 Å². The van der Waals surface area contributed by atoms with E-state index in [4.69, 9.17) is 0 Å². The highest BCUT2D eigenvalue weighted by Crippen LogP contribution is 2.25. The summed E-state index contributed by atoms with van der Waals surface area (Å²) in [4.78, 5) is 11.8. The van der Waals surface area contributed by atoms with Gasteiger partial charge in [0.1, 0.15) is 0 Å². The maximum atomic E-state index is 11.0. The maximum absolute atomic E-state index is 11.0. The van der Waals surface area contributed by atoms with E-state index in [1.807, 2.05) is 24.4 Å². The summed E-state index contributed by atoms with van der Waals surface area (Å²) in [7, 11) is 0. The van der Waals surface area contributed by atoms with Gasteiger partial charge < -0.3 is 5.32 Å². The monoisotopic (exact) mass is 340 g/mol.